The van der Waals surface area contributed by atoms with Crippen molar-refractivity contribution in [3.63, 3.8) is 0 Å². The highest BCUT2D eigenvalue weighted by Gasteiger charge is 1.94. The van der Waals surface area contributed by atoms with Crippen molar-refractivity contribution in [2.45, 2.75) is 20.3 Å². The number of rotatable bonds is 4. The zero-order chi connectivity index (χ0) is 10.4. The van der Waals surface area contributed by atoms with Crippen molar-refractivity contribution in [3.05, 3.63) is 48.0 Å². The van der Waals surface area contributed by atoms with Crippen molar-refractivity contribution in [3.8, 4) is 0 Å². The molecule has 0 bridgehead atoms. The molecule has 0 N–H and O–H groups in total. The van der Waals surface area contributed by atoms with Gasteiger partial charge < -0.3 is 0 Å². The van der Waals surface area contributed by atoms with Gasteiger partial charge in [-0.05, 0) is 17.0 Å². The first kappa shape index (κ1) is 10.8. The molecular weight excluding hydrogens is 168 g/mol. The van der Waals surface area contributed by atoms with Crippen LogP contribution in [0.5, 0.6) is 0 Å². The molecule has 0 fully saturated rings. The summed E-state index contributed by atoms with van der Waals surface area (Å²) in [4.78, 5) is 0. The maximum atomic E-state index is 3.80. The Morgan fingerprint density at radius 2 is 1.93 bits per heavy atom. The molecule has 0 heterocycles. The highest BCUT2D eigenvalue weighted by Crippen LogP contribution is 2.13. The second-order valence-corrected chi connectivity index (χ2v) is 3.58. The van der Waals surface area contributed by atoms with Gasteiger partial charge in [0.25, 0.3) is 0 Å². The van der Waals surface area contributed by atoms with Gasteiger partial charge in [0.05, 0.1) is 0 Å². The minimum atomic E-state index is 0.646. The first-order chi connectivity index (χ1) is 6.77. The van der Waals surface area contributed by atoms with Crippen molar-refractivity contribution < 1.29 is 0 Å². The van der Waals surface area contributed by atoms with Crippen LogP contribution in [0.1, 0.15) is 31.4 Å². The molecule has 0 aliphatic carbocycles. The lowest BCUT2D eigenvalue weighted by Crippen LogP contribution is -1.85. The molecule has 0 amide bonds. The largest absolute Gasteiger partial charge is 0.0984 e. The summed E-state index contributed by atoms with van der Waals surface area (Å²) in [5, 5.41) is 0. The van der Waals surface area contributed by atoms with E-state index in [0.29, 0.717) is 5.92 Å². The summed E-state index contributed by atoms with van der Waals surface area (Å²) in [7, 11) is 0. The number of allylic oxidation sites excluding steroid dienone is 1. The van der Waals surface area contributed by atoms with Crippen LogP contribution in [0.2, 0.25) is 0 Å². The van der Waals surface area contributed by atoms with Crippen LogP contribution in [0.15, 0.2) is 36.9 Å². The first-order valence-electron chi connectivity index (χ1n) is 5.17. The van der Waals surface area contributed by atoms with E-state index in [1.165, 1.54) is 17.5 Å². The van der Waals surface area contributed by atoms with Gasteiger partial charge in [0.15, 0.2) is 0 Å². The van der Waals surface area contributed by atoms with Crippen LogP contribution in [-0.2, 0) is 0 Å². The van der Waals surface area contributed by atoms with Gasteiger partial charge in [0.1, 0.15) is 0 Å². The lowest BCUT2D eigenvalue weighted by Gasteiger charge is -2.02. The van der Waals surface area contributed by atoms with E-state index in [4.69, 9.17) is 0 Å². The Labute approximate surface area is 87.0 Å². The summed E-state index contributed by atoms with van der Waals surface area (Å²) in [6.45, 7) is 8.24. The molecule has 1 aromatic carbocycles. The van der Waals surface area contributed by atoms with Crippen LogP contribution < -0.4 is 0 Å². The summed E-state index contributed by atoms with van der Waals surface area (Å²) in [6, 6.07) is 8.31. The third-order valence-corrected chi connectivity index (χ3v) is 2.46. The Morgan fingerprint density at radius 1 is 1.29 bits per heavy atom. The van der Waals surface area contributed by atoms with E-state index in [2.05, 4.69) is 50.8 Å². The van der Waals surface area contributed by atoms with E-state index < -0.39 is 0 Å². The number of hydrogen-bond donors (Lipinski definition) is 0. The Hall–Kier alpha value is -1.30. The number of benzene rings is 1. The van der Waals surface area contributed by atoms with Crippen molar-refractivity contribution in [1.29, 1.82) is 0 Å². The zero-order valence-corrected chi connectivity index (χ0v) is 9.03. The third-order valence-electron chi connectivity index (χ3n) is 2.46. The molecular formula is C14H18. The van der Waals surface area contributed by atoms with Gasteiger partial charge in [0, 0.05) is 0 Å². The molecule has 0 saturated heterocycles. The highest BCUT2D eigenvalue weighted by atomic mass is 14.0. The van der Waals surface area contributed by atoms with Crippen molar-refractivity contribution in [1.82, 2.24) is 0 Å². The van der Waals surface area contributed by atoms with Gasteiger partial charge in [-0.3, -0.25) is 0 Å². The van der Waals surface area contributed by atoms with Gasteiger partial charge >= 0.3 is 0 Å². The van der Waals surface area contributed by atoms with Crippen LogP contribution in [0, 0.1) is 5.92 Å². The molecule has 74 valence electrons. The molecule has 0 aliphatic rings. The van der Waals surface area contributed by atoms with Gasteiger partial charge in [-0.2, -0.15) is 0 Å². The van der Waals surface area contributed by atoms with Crippen molar-refractivity contribution in [2.75, 3.05) is 0 Å². The first-order valence-corrected chi connectivity index (χ1v) is 5.17. The quantitative estimate of drug-likeness (QED) is 0.654. The van der Waals surface area contributed by atoms with Crippen LogP contribution >= 0.6 is 0 Å². The zero-order valence-electron chi connectivity index (χ0n) is 9.03. The van der Waals surface area contributed by atoms with Crippen LogP contribution in [0.3, 0.4) is 0 Å². The molecule has 1 rings (SSSR count). The lowest BCUT2D eigenvalue weighted by molar-refractivity contribution is 0.701. The van der Waals surface area contributed by atoms with E-state index in [9.17, 15) is 0 Å². The van der Waals surface area contributed by atoms with Crippen molar-refractivity contribution in [2.24, 2.45) is 5.92 Å². The van der Waals surface area contributed by atoms with E-state index in [1.54, 1.807) is 0 Å². The average Bonchev–Trinajstić information content (AvgIpc) is 2.26. The SMILES string of the molecule is C=Cc1ccccc1/C=C\C(C)CC. The highest BCUT2D eigenvalue weighted by molar-refractivity contribution is 5.64. The second kappa shape index (κ2) is 5.43. The Balaban J connectivity index is 2.85. The fourth-order valence-corrected chi connectivity index (χ4v) is 1.25. The summed E-state index contributed by atoms with van der Waals surface area (Å²) >= 11 is 0. The monoisotopic (exact) mass is 186 g/mol. The maximum absolute atomic E-state index is 3.80. The predicted octanol–water partition coefficient (Wildman–Crippen LogP) is 4.39. The van der Waals surface area contributed by atoms with E-state index in [-0.39, 0.29) is 0 Å². The molecule has 1 atom stereocenters. The molecule has 0 aliphatic heterocycles. The molecule has 14 heavy (non-hydrogen) atoms. The molecule has 0 heteroatoms. The second-order valence-electron chi connectivity index (χ2n) is 3.58. The molecule has 0 radical (unpaired) electrons. The standard InChI is InChI=1S/C14H18/c1-4-12(3)10-11-14-9-7-6-8-13(14)5-2/h5-12H,2,4H2,1,3H3/b11-10-. The van der Waals surface area contributed by atoms with Crippen molar-refractivity contribution >= 4 is 12.2 Å². The van der Waals surface area contributed by atoms with Gasteiger partial charge in [0.2, 0.25) is 0 Å². The summed E-state index contributed by atoms with van der Waals surface area (Å²) in [5.74, 6) is 0.646. The van der Waals surface area contributed by atoms with Crippen LogP contribution in [0.4, 0.5) is 0 Å². The average molecular weight is 186 g/mol. The third kappa shape index (κ3) is 2.88. The topological polar surface area (TPSA) is 0 Å². The minimum Gasteiger partial charge on any atom is -0.0984 e. The fraction of sp³-hybridized carbons (Fsp3) is 0.286. The summed E-state index contributed by atoms with van der Waals surface area (Å²) in [5.41, 5.74) is 2.45. The summed E-state index contributed by atoms with van der Waals surface area (Å²) in [6.07, 6.45) is 7.52. The van der Waals surface area contributed by atoms with Gasteiger partial charge in [-0.25, -0.2) is 0 Å². The lowest BCUT2D eigenvalue weighted by atomic mass is 10.0. The molecule has 1 unspecified atom stereocenters. The predicted molar refractivity (Wildman–Crippen MR) is 65.0 cm³/mol. The molecule has 0 spiro atoms. The van der Waals surface area contributed by atoms with Gasteiger partial charge in [-0.1, -0.05) is 69.3 Å². The van der Waals surface area contributed by atoms with E-state index >= 15 is 0 Å². The summed E-state index contributed by atoms with van der Waals surface area (Å²) < 4.78 is 0. The normalized spacial score (nSPS) is 13.0. The van der Waals surface area contributed by atoms with Gasteiger partial charge in [-0.15, -0.1) is 0 Å². The minimum absolute atomic E-state index is 0.646. The Bertz CT molecular complexity index is 321. The molecule has 0 nitrogen and oxygen atoms in total. The number of hydrogen-bond acceptors (Lipinski definition) is 0. The fourth-order valence-electron chi connectivity index (χ4n) is 1.25. The van der Waals surface area contributed by atoms with Crippen LogP contribution in [-0.4, -0.2) is 0 Å². The molecule has 0 saturated carbocycles. The van der Waals surface area contributed by atoms with Crippen LogP contribution in [0.25, 0.3) is 12.2 Å². The molecule has 0 aromatic heterocycles. The smallest absolute Gasteiger partial charge is 0.0187 e. The Morgan fingerprint density at radius 3 is 2.50 bits per heavy atom. The Kier molecular flexibility index (Phi) is 4.18. The molecule has 1 aromatic rings. The van der Waals surface area contributed by atoms with E-state index in [1.807, 2.05) is 12.1 Å². The van der Waals surface area contributed by atoms with E-state index in [0.717, 1.165) is 0 Å². The maximum Gasteiger partial charge on any atom is -0.0187 e.